The van der Waals surface area contributed by atoms with Crippen LogP contribution in [0.25, 0.3) is 10.8 Å². The van der Waals surface area contributed by atoms with E-state index in [1.165, 1.54) is 12.1 Å². The second-order valence-electron chi connectivity index (χ2n) is 8.36. The van der Waals surface area contributed by atoms with Gasteiger partial charge in [-0.1, -0.05) is 36.4 Å². The van der Waals surface area contributed by atoms with Crippen LogP contribution in [0.1, 0.15) is 34.3 Å². The van der Waals surface area contributed by atoms with Gasteiger partial charge >= 0.3 is 6.18 Å². The number of methoxy groups -OCH3 is 1. The van der Waals surface area contributed by atoms with E-state index in [1.807, 2.05) is 24.3 Å². The van der Waals surface area contributed by atoms with Crippen molar-refractivity contribution >= 4 is 22.6 Å². The quantitative estimate of drug-likeness (QED) is 0.569. The minimum absolute atomic E-state index is 0.129. The Bertz CT molecular complexity index is 1190. The molecule has 1 fully saturated rings. The van der Waals surface area contributed by atoms with Gasteiger partial charge in [-0.25, -0.2) is 0 Å². The first-order valence-corrected chi connectivity index (χ1v) is 11.1. The SMILES string of the molecule is COc1ccc(C(=O)N2CCC[C@@H](C(=O)NCc3ccc(C(F)(F)F)cc3)C2)c2ccccc12. The number of nitrogens with one attached hydrogen (secondary N) is 1. The van der Waals surface area contributed by atoms with Gasteiger partial charge in [0, 0.05) is 30.6 Å². The summed E-state index contributed by atoms with van der Waals surface area (Å²) in [4.78, 5) is 27.8. The average molecular weight is 470 g/mol. The minimum Gasteiger partial charge on any atom is -0.496 e. The highest BCUT2D eigenvalue weighted by atomic mass is 19.4. The molecule has 0 radical (unpaired) electrons. The molecule has 0 unspecified atom stereocenters. The van der Waals surface area contributed by atoms with Crippen LogP contribution in [0.15, 0.2) is 60.7 Å². The Morgan fingerprint density at radius 3 is 2.41 bits per heavy atom. The highest BCUT2D eigenvalue weighted by Gasteiger charge is 2.31. The topological polar surface area (TPSA) is 58.6 Å². The molecule has 0 aliphatic carbocycles. The molecule has 8 heteroatoms. The molecule has 34 heavy (non-hydrogen) atoms. The van der Waals surface area contributed by atoms with Crippen molar-refractivity contribution in [3.63, 3.8) is 0 Å². The molecule has 2 amide bonds. The van der Waals surface area contributed by atoms with E-state index in [1.54, 1.807) is 24.1 Å². The third-order valence-corrected chi connectivity index (χ3v) is 6.16. The van der Waals surface area contributed by atoms with Crippen molar-refractivity contribution in [1.82, 2.24) is 10.2 Å². The van der Waals surface area contributed by atoms with Crippen LogP contribution in [-0.2, 0) is 17.5 Å². The number of benzene rings is 3. The number of ether oxygens (including phenoxy) is 1. The highest BCUT2D eigenvalue weighted by Crippen LogP contribution is 2.31. The molecule has 1 aliphatic heterocycles. The first-order chi connectivity index (χ1) is 16.3. The number of likely N-dealkylation sites (tertiary alicyclic amines) is 1. The Labute approximate surface area is 195 Å². The third kappa shape index (κ3) is 5.00. The smallest absolute Gasteiger partial charge is 0.416 e. The Balaban J connectivity index is 1.42. The molecule has 1 aliphatic rings. The van der Waals surface area contributed by atoms with E-state index in [9.17, 15) is 22.8 Å². The zero-order valence-corrected chi connectivity index (χ0v) is 18.7. The van der Waals surface area contributed by atoms with Crippen molar-refractivity contribution in [2.75, 3.05) is 20.2 Å². The second-order valence-corrected chi connectivity index (χ2v) is 8.36. The summed E-state index contributed by atoms with van der Waals surface area (Å²) >= 11 is 0. The van der Waals surface area contributed by atoms with E-state index in [-0.39, 0.29) is 30.8 Å². The Kier molecular flexibility index (Phi) is 6.77. The third-order valence-electron chi connectivity index (χ3n) is 6.16. The number of nitrogens with zero attached hydrogens (tertiary/aromatic N) is 1. The molecule has 3 aromatic carbocycles. The molecule has 3 aromatic rings. The van der Waals surface area contributed by atoms with E-state index in [2.05, 4.69) is 5.32 Å². The first kappa shape index (κ1) is 23.6. The molecule has 0 saturated carbocycles. The van der Waals surface area contributed by atoms with Crippen molar-refractivity contribution in [3.05, 3.63) is 77.4 Å². The maximum absolute atomic E-state index is 13.3. The number of rotatable bonds is 5. The molecular formula is C26H25F3N2O3. The fourth-order valence-corrected chi connectivity index (χ4v) is 4.33. The summed E-state index contributed by atoms with van der Waals surface area (Å²) in [5, 5.41) is 4.43. The molecular weight excluding hydrogens is 445 g/mol. The number of carbonyl (C=O) groups is 2. The zero-order valence-electron chi connectivity index (χ0n) is 18.7. The fourth-order valence-electron chi connectivity index (χ4n) is 4.33. The zero-order chi connectivity index (χ0) is 24.3. The van der Waals surface area contributed by atoms with Gasteiger partial charge in [-0.05, 0) is 48.1 Å². The number of alkyl halides is 3. The standard InChI is InChI=1S/C26H25F3N2O3/c1-34-23-13-12-22(20-6-2-3-7-21(20)23)25(33)31-14-4-5-18(16-31)24(32)30-15-17-8-10-19(11-9-17)26(27,28)29/h2-3,6-13,18H,4-5,14-16H2,1H3,(H,30,32)/t18-/m1/s1. The Hall–Kier alpha value is -3.55. The van der Waals surface area contributed by atoms with Crippen LogP contribution in [0.3, 0.4) is 0 Å². The number of carbonyl (C=O) groups excluding carboxylic acids is 2. The van der Waals surface area contributed by atoms with E-state index >= 15 is 0 Å². The molecule has 1 N–H and O–H groups in total. The van der Waals surface area contributed by atoms with Crippen molar-refractivity contribution in [1.29, 1.82) is 0 Å². The van der Waals surface area contributed by atoms with Gasteiger partial charge in [0.2, 0.25) is 5.91 Å². The summed E-state index contributed by atoms with van der Waals surface area (Å²) in [5.74, 6) is -0.0425. The average Bonchev–Trinajstić information content (AvgIpc) is 2.86. The molecule has 5 nitrogen and oxygen atoms in total. The van der Waals surface area contributed by atoms with Gasteiger partial charge < -0.3 is 15.0 Å². The largest absolute Gasteiger partial charge is 0.496 e. The lowest BCUT2D eigenvalue weighted by Gasteiger charge is -2.32. The summed E-state index contributed by atoms with van der Waals surface area (Å²) in [7, 11) is 1.59. The van der Waals surface area contributed by atoms with E-state index in [4.69, 9.17) is 4.74 Å². The Morgan fingerprint density at radius 2 is 1.74 bits per heavy atom. The van der Waals surface area contributed by atoms with Crippen molar-refractivity contribution in [2.45, 2.75) is 25.6 Å². The van der Waals surface area contributed by atoms with Gasteiger partial charge in [0.15, 0.2) is 0 Å². The predicted molar refractivity (Wildman–Crippen MR) is 122 cm³/mol. The van der Waals surface area contributed by atoms with Crippen LogP contribution < -0.4 is 10.1 Å². The maximum atomic E-state index is 13.3. The normalized spacial score (nSPS) is 16.4. The molecule has 178 valence electrons. The monoisotopic (exact) mass is 470 g/mol. The lowest BCUT2D eigenvalue weighted by atomic mass is 9.95. The molecule has 0 aromatic heterocycles. The van der Waals surface area contributed by atoms with Gasteiger partial charge in [-0.15, -0.1) is 0 Å². The number of hydrogen-bond acceptors (Lipinski definition) is 3. The lowest BCUT2D eigenvalue weighted by Crippen LogP contribution is -2.45. The lowest BCUT2D eigenvalue weighted by molar-refractivity contribution is -0.137. The van der Waals surface area contributed by atoms with E-state index in [0.717, 1.165) is 22.9 Å². The van der Waals surface area contributed by atoms with Crippen molar-refractivity contribution in [2.24, 2.45) is 5.92 Å². The fraction of sp³-hybridized carbons (Fsp3) is 0.308. The minimum atomic E-state index is -4.39. The second kappa shape index (κ2) is 9.75. The van der Waals surface area contributed by atoms with Gasteiger partial charge in [0.05, 0.1) is 18.6 Å². The molecule has 1 heterocycles. The van der Waals surface area contributed by atoms with Crippen LogP contribution in [0, 0.1) is 5.92 Å². The van der Waals surface area contributed by atoms with Gasteiger partial charge in [-0.2, -0.15) is 13.2 Å². The summed E-state index contributed by atoms with van der Waals surface area (Å²) in [6.07, 6.45) is -3.06. The van der Waals surface area contributed by atoms with E-state index in [0.29, 0.717) is 36.3 Å². The Morgan fingerprint density at radius 1 is 1.03 bits per heavy atom. The van der Waals surface area contributed by atoms with Crippen LogP contribution in [-0.4, -0.2) is 36.9 Å². The number of piperidine rings is 1. The van der Waals surface area contributed by atoms with Crippen LogP contribution in [0.4, 0.5) is 13.2 Å². The van der Waals surface area contributed by atoms with E-state index < -0.39 is 11.7 Å². The maximum Gasteiger partial charge on any atom is 0.416 e. The summed E-state index contributed by atoms with van der Waals surface area (Å²) in [6.45, 7) is 0.977. The number of hydrogen-bond donors (Lipinski definition) is 1. The highest BCUT2D eigenvalue weighted by molar-refractivity contribution is 6.08. The molecule has 1 atom stereocenters. The van der Waals surface area contributed by atoms with Gasteiger partial charge in [-0.3, -0.25) is 9.59 Å². The molecule has 0 spiro atoms. The van der Waals surface area contributed by atoms with Crippen LogP contribution >= 0.6 is 0 Å². The van der Waals surface area contributed by atoms with Crippen molar-refractivity contribution in [3.8, 4) is 5.75 Å². The summed E-state index contributed by atoms with van der Waals surface area (Å²) in [6, 6.07) is 15.8. The van der Waals surface area contributed by atoms with Crippen LogP contribution in [0.2, 0.25) is 0 Å². The summed E-state index contributed by atoms with van der Waals surface area (Å²) < 4.78 is 43.6. The number of fused-ring (bicyclic) bond motifs is 1. The molecule has 0 bridgehead atoms. The van der Waals surface area contributed by atoms with Gasteiger partial charge in [0.1, 0.15) is 5.75 Å². The molecule has 1 saturated heterocycles. The summed E-state index contributed by atoms with van der Waals surface area (Å²) in [5.41, 5.74) is 0.409. The molecule has 4 rings (SSSR count). The van der Waals surface area contributed by atoms with Crippen LogP contribution in [0.5, 0.6) is 5.75 Å². The number of amides is 2. The predicted octanol–water partition coefficient (Wildman–Crippen LogP) is 5.04. The number of halogens is 3. The van der Waals surface area contributed by atoms with Gasteiger partial charge in [0.25, 0.3) is 5.91 Å². The first-order valence-electron chi connectivity index (χ1n) is 11.1. The van der Waals surface area contributed by atoms with Crippen molar-refractivity contribution < 1.29 is 27.5 Å².